The van der Waals surface area contributed by atoms with Gasteiger partial charge in [-0.3, -0.25) is 4.98 Å². The van der Waals surface area contributed by atoms with Crippen molar-refractivity contribution in [3.8, 4) is 0 Å². The first-order valence-corrected chi connectivity index (χ1v) is 6.45. The highest BCUT2D eigenvalue weighted by Crippen LogP contribution is 2.21. The molecule has 0 atom stereocenters. The molecule has 0 saturated carbocycles. The van der Waals surface area contributed by atoms with Crippen molar-refractivity contribution in [2.24, 2.45) is 0 Å². The van der Waals surface area contributed by atoms with Crippen LogP contribution in [0.25, 0.3) is 0 Å². The van der Waals surface area contributed by atoms with Crippen LogP contribution in [0, 0.1) is 6.92 Å². The molecule has 90 valence electrons. The first-order chi connectivity index (χ1) is 7.69. The molecular formula is C13H21ClN2. The maximum absolute atomic E-state index is 5.92. The Hall–Kier alpha value is -0.760. The Morgan fingerprint density at radius 1 is 1.38 bits per heavy atom. The number of aromatic nitrogens is 1. The van der Waals surface area contributed by atoms with Crippen LogP contribution in [0.5, 0.6) is 0 Å². The van der Waals surface area contributed by atoms with Gasteiger partial charge in [-0.2, -0.15) is 0 Å². The number of pyridine rings is 1. The SMILES string of the molecule is CCCCCN(C)c1cc(C)ncc1CCl. The molecule has 1 heterocycles. The lowest BCUT2D eigenvalue weighted by molar-refractivity contribution is 0.704. The predicted molar refractivity (Wildman–Crippen MR) is 71.3 cm³/mol. The van der Waals surface area contributed by atoms with E-state index in [1.165, 1.54) is 24.9 Å². The lowest BCUT2D eigenvalue weighted by Gasteiger charge is -2.22. The molecule has 0 unspecified atom stereocenters. The third kappa shape index (κ3) is 3.67. The average molecular weight is 241 g/mol. The Morgan fingerprint density at radius 3 is 2.75 bits per heavy atom. The smallest absolute Gasteiger partial charge is 0.0509 e. The Labute approximate surface area is 104 Å². The van der Waals surface area contributed by atoms with Gasteiger partial charge in [-0.15, -0.1) is 11.6 Å². The van der Waals surface area contributed by atoms with Gasteiger partial charge in [0, 0.05) is 36.7 Å². The maximum atomic E-state index is 5.92. The molecule has 0 radical (unpaired) electrons. The van der Waals surface area contributed by atoms with Crippen LogP contribution in [-0.2, 0) is 5.88 Å². The van der Waals surface area contributed by atoms with Crippen LogP contribution in [0.4, 0.5) is 5.69 Å². The van der Waals surface area contributed by atoms with Crippen molar-refractivity contribution in [3.63, 3.8) is 0 Å². The van der Waals surface area contributed by atoms with E-state index in [-0.39, 0.29) is 0 Å². The van der Waals surface area contributed by atoms with Crippen molar-refractivity contribution in [2.45, 2.75) is 39.0 Å². The number of alkyl halides is 1. The van der Waals surface area contributed by atoms with Crippen LogP contribution < -0.4 is 4.90 Å². The molecule has 0 saturated heterocycles. The molecule has 0 spiro atoms. The average Bonchev–Trinajstić information content (AvgIpc) is 2.29. The van der Waals surface area contributed by atoms with Crippen LogP contribution in [0.15, 0.2) is 12.3 Å². The number of hydrogen-bond donors (Lipinski definition) is 0. The fourth-order valence-electron chi connectivity index (χ4n) is 1.75. The molecule has 0 amide bonds. The molecule has 0 fully saturated rings. The molecule has 0 aliphatic heterocycles. The van der Waals surface area contributed by atoms with E-state index < -0.39 is 0 Å². The molecule has 2 nitrogen and oxygen atoms in total. The summed E-state index contributed by atoms with van der Waals surface area (Å²) in [4.78, 5) is 6.56. The summed E-state index contributed by atoms with van der Waals surface area (Å²) >= 11 is 5.92. The summed E-state index contributed by atoms with van der Waals surface area (Å²) in [6.45, 7) is 5.32. The van der Waals surface area contributed by atoms with Crippen molar-refractivity contribution < 1.29 is 0 Å². The highest BCUT2D eigenvalue weighted by atomic mass is 35.5. The normalized spacial score (nSPS) is 10.5. The predicted octanol–water partition coefficient (Wildman–Crippen LogP) is 3.76. The quantitative estimate of drug-likeness (QED) is 0.556. The van der Waals surface area contributed by atoms with Crippen molar-refractivity contribution in [3.05, 3.63) is 23.5 Å². The van der Waals surface area contributed by atoms with Gasteiger partial charge in [-0.05, 0) is 19.4 Å². The van der Waals surface area contributed by atoms with Crippen molar-refractivity contribution in [2.75, 3.05) is 18.5 Å². The van der Waals surface area contributed by atoms with Gasteiger partial charge in [0.25, 0.3) is 0 Å². The van der Waals surface area contributed by atoms with Gasteiger partial charge in [0.2, 0.25) is 0 Å². The van der Waals surface area contributed by atoms with Crippen molar-refractivity contribution >= 4 is 17.3 Å². The highest BCUT2D eigenvalue weighted by molar-refractivity contribution is 6.17. The number of hydrogen-bond acceptors (Lipinski definition) is 2. The van der Waals surface area contributed by atoms with Crippen molar-refractivity contribution in [1.29, 1.82) is 0 Å². The molecule has 0 aromatic carbocycles. The number of rotatable bonds is 6. The van der Waals surface area contributed by atoms with E-state index in [9.17, 15) is 0 Å². The Morgan fingerprint density at radius 2 is 2.12 bits per heavy atom. The Bertz CT molecular complexity index is 326. The minimum atomic E-state index is 0.529. The summed E-state index contributed by atoms with van der Waals surface area (Å²) in [5.41, 5.74) is 3.39. The van der Waals surface area contributed by atoms with E-state index in [1.54, 1.807) is 0 Å². The first-order valence-electron chi connectivity index (χ1n) is 5.91. The van der Waals surface area contributed by atoms with Gasteiger partial charge in [-0.25, -0.2) is 0 Å². The lowest BCUT2D eigenvalue weighted by Crippen LogP contribution is -2.20. The second-order valence-corrected chi connectivity index (χ2v) is 4.48. The van der Waals surface area contributed by atoms with Gasteiger partial charge < -0.3 is 4.90 Å². The fraction of sp³-hybridized carbons (Fsp3) is 0.615. The number of anilines is 1. The van der Waals surface area contributed by atoms with E-state index >= 15 is 0 Å². The number of nitrogens with zero attached hydrogens (tertiary/aromatic N) is 2. The summed E-state index contributed by atoms with van der Waals surface area (Å²) in [6, 6.07) is 2.11. The summed E-state index contributed by atoms with van der Waals surface area (Å²) in [7, 11) is 2.13. The molecule has 0 aliphatic rings. The van der Waals surface area contributed by atoms with Gasteiger partial charge in [0.15, 0.2) is 0 Å². The molecule has 0 aliphatic carbocycles. The van der Waals surface area contributed by atoms with E-state index in [0.717, 1.165) is 17.8 Å². The molecule has 1 aromatic rings. The van der Waals surface area contributed by atoms with E-state index in [2.05, 4.69) is 29.9 Å². The molecule has 0 bridgehead atoms. The monoisotopic (exact) mass is 240 g/mol. The summed E-state index contributed by atoms with van der Waals surface area (Å²) < 4.78 is 0. The number of unbranched alkanes of at least 4 members (excludes halogenated alkanes) is 2. The van der Waals surface area contributed by atoms with Gasteiger partial charge in [0.05, 0.1) is 5.88 Å². The maximum Gasteiger partial charge on any atom is 0.0509 e. The van der Waals surface area contributed by atoms with E-state index in [0.29, 0.717) is 5.88 Å². The van der Waals surface area contributed by atoms with Crippen LogP contribution in [-0.4, -0.2) is 18.6 Å². The molecule has 3 heteroatoms. The summed E-state index contributed by atoms with van der Waals surface area (Å²) in [5, 5.41) is 0. The topological polar surface area (TPSA) is 16.1 Å². The highest BCUT2D eigenvalue weighted by Gasteiger charge is 2.07. The fourth-order valence-corrected chi connectivity index (χ4v) is 1.96. The molecular weight excluding hydrogens is 220 g/mol. The van der Waals surface area contributed by atoms with Crippen LogP contribution >= 0.6 is 11.6 Å². The zero-order valence-electron chi connectivity index (χ0n) is 10.5. The van der Waals surface area contributed by atoms with Gasteiger partial charge in [0.1, 0.15) is 0 Å². The van der Waals surface area contributed by atoms with E-state index in [4.69, 9.17) is 11.6 Å². The van der Waals surface area contributed by atoms with Gasteiger partial charge in [-0.1, -0.05) is 19.8 Å². The number of aryl methyl sites for hydroxylation is 1. The third-order valence-electron chi connectivity index (χ3n) is 2.75. The Balaban J connectivity index is 2.72. The van der Waals surface area contributed by atoms with Crippen LogP contribution in [0.1, 0.15) is 37.4 Å². The molecule has 16 heavy (non-hydrogen) atoms. The van der Waals surface area contributed by atoms with Gasteiger partial charge >= 0.3 is 0 Å². The van der Waals surface area contributed by atoms with Crippen molar-refractivity contribution in [1.82, 2.24) is 4.98 Å². The Kier molecular flexibility index (Phi) is 5.61. The number of halogens is 1. The largest absolute Gasteiger partial charge is 0.374 e. The van der Waals surface area contributed by atoms with Crippen LogP contribution in [0.2, 0.25) is 0 Å². The molecule has 1 rings (SSSR count). The summed E-state index contributed by atoms with van der Waals surface area (Å²) in [5.74, 6) is 0.529. The zero-order chi connectivity index (χ0) is 12.0. The lowest BCUT2D eigenvalue weighted by atomic mass is 10.2. The second-order valence-electron chi connectivity index (χ2n) is 4.22. The standard InChI is InChI=1S/C13H21ClN2/c1-4-5-6-7-16(3)13-8-11(2)15-10-12(13)9-14/h8,10H,4-7,9H2,1-3H3. The second kappa shape index (κ2) is 6.74. The third-order valence-corrected chi connectivity index (χ3v) is 3.04. The first kappa shape index (κ1) is 13.3. The molecule has 0 N–H and O–H groups in total. The minimum absolute atomic E-state index is 0.529. The minimum Gasteiger partial charge on any atom is -0.374 e. The summed E-state index contributed by atoms with van der Waals surface area (Å²) in [6.07, 6.45) is 5.65. The molecule has 1 aromatic heterocycles. The van der Waals surface area contributed by atoms with Crippen LogP contribution in [0.3, 0.4) is 0 Å². The van der Waals surface area contributed by atoms with E-state index in [1.807, 2.05) is 13.1 Å². The zero-order valence-corrected chi connectivity index (χ0v) is 11.2.